The van der Waals surface area contributed by atoms with Gasteiger partial charge in [-0.3, -0.25) is 14.4 Å². The topological polar surface area (TPSA) is 126 Å². The minimum atomic E-state index is -0.738. The van der Waals surface area contributed by atoms with Crippen molar-refractivity contribution in [2.75, 3.05) is 32.6 Å². The number of hydrogen-bond donors (Lipinski definition) is 2. The third-order valence-corrected chi connectivity index (χ3v) is 5.00. The first kappa shape index (κ1) is 23.9. The third-order valence-electron chi connectivity index (χ3n) is 5.00. The first-order valence-electron chi connectivity index (χ1n) is 10.0. The van der Waals surface area contributed by atoms with Gasteiger partial charge in [0.25, 0.3) is 0 Å². The molecule has 3 N–H and O–H groups in total. The molecule has 0 fully saturated rings. The summed E-state index contributed by atoms with van der Waals surface area (Å²) in [6.45, 7) is 3.58. The summed E-state index contributed by atoms with van der Waals surface area (Å²) in [4.78, 5) is 51.6. The van der Waals surface area contributed by atoms with Crippen LogP contribution < -0.4 is 21.6 Å². The highest BCUT2D eigenvalue weighted by atomic mass is 16.4. The van der Waals surface area contributed by atoms with Crippen LogP contribution in [0.1, 0.15) is 25.8 Å². The number of amides is 3. The quantitative estimate of drug-likeness (QED) is 0.569. The second-order valence-electron chi connectivity index (χ2n) is 8.17. The van der Waals surface area contributed by atoms with Crippen LogP contribution in [0.15, 0.2) is 33.5 Å². The zero-order chi connectivity index (χ0) is 23.3. The number of anilines is 1. The minimum Gasteiger partial charge on any atom is -0.423 e. The van der Waals surface area contributed by atoms with Gasteiger partial charge in [0, 0.05) is 44.3 Å². The van der Waals surface area contributed by atoms with E-state index in [0.29, 0.717) is 23.0 Å². The molecule has 0 saturated heterocycles. The number of likely N-dealkylation sites (N-methyl/N-ethyl adjacent to an activating group) is 1. The number of rotatable bonds is 9. The Morgan fingerprint density at radius 3 is 2.39 bits per heavy atom. The summed E-state index contributed by atoms with van der Waals surface area (Å²) in [5.41, 5.74) is 6.61. The molecule has 3 amide bonds. The molecule has 31 heavy (non-hydrogen) atoms. The normalized spacial score (nSPS) is 11.9. The van der Waals surface area contributed by atoms with E-state index in [2.05, 4.69) is 5.32 Å². The number of fused-ring (bicyclic) bond motifs is 1. The number of nitrogens with one attached hydrogen (secondary N) is 1. The fourth-order valence-electron chi connectivity index (χ4n) is 3.26. The second-order valence-corrected chi connectivity index (χ2v) is 8.17. The van der Waals surface area contributed by atoms with Crippen LogP contribution in [0.5, 0.6) is 0 Å². The Kier molecular flexibility index (Phi) is 7.79. The van der Waals surface area contributed by atoms with Gasteiger partial charge in [-0.05, 0) is 30.0 Å². The van der Waals surface area contributed by atoms with Crippen molar-refractivity contribution in [2.24, 2.45) is 11.7 Å². The van der Waals surface area contributed by atoms with Gasteiger partial charge in [-0.2, -0.15) is 0 Å². The number of carbonyl (C=O) groups excluding carboxylic acids is 3. The Balaban J connectivity index is 2.09. The molecule has 0 radical (unpaired) electrons. The van der Waals surface area contributed by atoms with Gasteiger partial charge >= 0.3 is 5.63 Å². The van der Waals surface area contributed by atoms with Crippen LogP contribution in [0, 0.1) is 5.92 Å². The summed E-state index contributed by atoms with van der Waals surface area (Å²) in [6.07, 6.45) is 0.345. The number of hydrogen-bond acceptors (Lipinski definition) is 6. The summed E-state index contributed by atoms with van der Waals surface area (Å²) in [6, 6.07) is 5.92. The van der Waals surface area contributed by atoms with E-state index in [1.165, 1.54) is 18.0 Å². The van der Waals surface area contributed by atoms with Gasteiger partial charge in [-0.25, -0.2) is 4.79 Å². The van der Waals surface area contributed by atoms with E-state index < -0.39 is 29.4 Å². The lowest BCUT2D eigenvalue weighted by atomic mass is 10.0. The second kappa shape index (κ2) is 10.1. The smallest absolute Gasteiger partial charge is 0.336 e. The lowest BCUT2D eigenvalue weighted by Gasteiger charge is -2.27. The lowest BCUT2D eigenvalue weighted by molar-refractivity contribution is -0.138. The number of benzene rings is 1. The first-order chi connectivity index (χ1) is 14.5. The van der Waals surface area contributed by atoms with Crippen molar-refractivity contribution in [3.63, 3.8) is 0 Å². The summed E-state index contributed by atoms with van der Waals surface area (Å²) in [5.74, 6) is -1.26. The average Bonchev–Trinajstić information content (AvgIpc) is 2.68. The molecule has 0 aliphatic rings. The Morgan fingerprint density at radius 2 is 1.81 bits per heavy atom. The molecule has 9 heteroatoms. The molecule has 1 heterocycles. The Hall–Kier alpha value is -3.36. The molecule has 168 valence electrons. The molecule has 0 aliphatic carbocycles. The van der Waals surface area contributed by atoms with E-state index in [4.69, 9.17) is 10.2 Å². The average molecular weight is 431 g/mol. The summed E-state index contributed by atoms with van der Waals surface area (Å²) in [5, 5.41) is 3.20. The fraction of sp³-hybridized carbons (Fsp3) is 0.455. The molecular weight excluding hydrogens is 400 g/mol. The predicted octanol–water partition coefficient (Wildman–Crippen LogP) is 0.876. The molecule has 9 nitrogen and oxygen atoms in total. The number of nitrogens with zero attached hydrogens (tertiary/aromatic N) is 2. The molecule has 2 aromatic rings. The molecule has 1 atom stereocenters. The van der Waals surface area contributed by atoms with Crippen molar-refractivity contribution >= 4 is 34.4 Å². The SMILES string of the molecule is CC(C)C[C@H](C(N)=O)N(C)C(=O)CNC(=O)Cc1cc(=O)oc2cc(N(C)C)ccc12. The van der Waals surface area contributed by atoms with E-state index in [1.54, 1.807) is 12.1 Å². The molecule has 1 aromatic heterocycles. The van der Waals surface area contributed by atoms with Crippen LogP contribution >= 0.6 is 0 Å². The Labute approximate surface area is 181 Å². The molecule has 0 unspecified atom stereocenters. The molecule has 2 rings (SSSR count). The fourth-order valence-corrected chi connectivity index (χ4v) is 3.26. The van der Waals surface area contributed by atoms with Crippen LogP contribution in [-0.2, 0) is 20.8 Å². The Bertz CT molecular complexity index is 1030. The summed E-state index contributed by atoms with van der Waals surface area (Å²) >= 11 is 0. The highest BCUT2D eigenvalue weighted by molar-refractivity contribution is 5.92. The van der Waals surface area contributed by atoms with Gasteiger partial charge in [0.05, 0.1) is 13.0 Å². The maximum atomic E-state index is 12.4. The van der Waals surface area contributed by atoms with Crippen LogP contribution in [0.3, 0.4) is 0 Å². The van der Waals surface area contributed by atoms with Crippen LogP contribution in [-0.4, -0.2) is 56.4 Å². The lowest BCUT2D eigenvalue weighted by Crippen LogP contribution is -2.49. The van der Waals surface area contributed by atoms with Crippen molar-refractivity contribution in [2.45, 2.75) is 32.7 Å². The third kappa shape index (κ3) is 6.31. The van der Waals surface area contributed by atoms with Crippen LogP contribution in [0.4, 0.5) is 5.69 Å². The predicted molar refractivity (Wildman–Crippen MR) is 119 cm³/mol. The van der Waals surface area contributed by atoms with Gasteiger partial charge < -0.3 is 25.3 Å². The molecule has 0 spiro atoms. The number of carbonyl (C=O) groups is 3. The zero-order valence-electron chi connectivity index (χ0n) is 18.6. The van der Waals surface area contributed by atoms with Crippen molar-refractivity contribution < 1.29 is 18.8 Å². The van der Waals surface area contributed by atoms with Crippen molar-refractivity contribution in [3.05, 3.63) is 40.2 Å². The monoisotopic (exact) mass is 430 g/mol. The molecule has 0 aliphatic heterocycles. The van der Waals surface area contributed by atoms with E-state index in [9.17, 15) is 19.2 Å². The molecule has 0 bridgehead atoms. The summed E-state index contributed by atoms with van der Waals surface area (Å²) in [7, 11) is 5.23. The Morgan fingerprint density at radius 1 is 1.13 bits per heavy atom. The number of primary amides is 1. The zero-order valence-corrected chi connectivity index (χ0v) is 18.6. The minimum absolute atomic E-state index is 0.0916. The first-order valence-corrected chi connectivity index (χ1v) is 10.0. The maximum Gasteiger partial charge on any atom is 0.336 e. The summed E-state index contributed by atoms with van der Waals surface area (Å²) < 4.78 is 5.27. The van der Waals surface area contributed by atoms with E-state index >= 15 is 0 Å². The van der Waals surface area contributed by atoms with E-state index in [0.717, 1.165) is 5.69 Å². The van der Waals surface area contributed by atoms with Crippen molar-refractivity contribution in [1.29, 1.82) is 0 Å². The van der Waals surface area contributed by atoms with E-state index in [1.807, 2.05) is 38.9 Å². The molecule has 0 saturated carbocycles. The van der Waals surface area contributed by atoms with Gasteiger partial charge in [-0.15, -0.1) is 0 Å². The van der Waals surface area contributed by atoms with Gasteiger partial charge in [0.1, 0.15) is 11.6 Å². The molecule has 1 aromatic carbocycles. The highest BCUT2D eigenvalue weighted by Crippen LogP contribution is 2.23. The molecular formula is C22H30N4O5. The van der Waals surface area contributed by atoms with E-state index in [-0.39, 0.29) is 18.9 Å². The van der Waals surface area contributed by atoms with Crippen molar-refractivity contribution in [3.8, 4) is 0 Å². The van der Waals surface area contributed by atoms with Gasteiger partial charge in [0.15, 0.2) is 0 Å². The maximum absolute atomic E-state index is 12.4. The van der Waals surface area contributed by atoms with Gasteiger partial charge in [0.2, 0.25) is 17.7 Å². The van der Waals surface area contributed by atoms with Crippen LogP contribution in [0.2, 0.25) is 0 Å². The van der Waals surface area contributed by atoms with Crippen molar-refractivity contribution in [1.82, 2.24) is 10.2 Å². The van der Waals surface area contributed by atoms with Gasteiger partial charge in [-0.1, -0.05) is 13.8 Å². The highest BCUT2D eigenvalue weighted by Gasteiger charge is 2.25. The van der Waals surface area contributed by atoms with Crippen LogP contribution in [0.25, 0.3) is 11.0 Å². The largest absolute Gasteiger partial charge is 0.423 e. The number of nitrogens with two attached hydrogens (primary N) is 1. The standard InChI is InChI=1S/C22H30N4O5/c1-13(2)8-17(22(23)30)26(5)20(28)12-24-19(27)9-14-10-21(29)31-18-11-15(25(3)4)6-7-16(14)18/h6-7,10-11,13,17H,8-9,12H2,1-5H3,(H2,23,30)(H,24,27)/t17-/m1/s1.